The number of hydrogen-bond donors (Lipinski definition) is 1. The van der Waals surface area contributed by atoms with Crippen molar-refractivity contribution >= 4 is 5.90 Å². The summed E-state index contributed by atoms with van der Waals surface area (Å²) >= 11 is 0. The van der Waals surface area contributed by atoms with E-state index in [0.717, 1.165) is 12.0 Å². The predicted octanol–water partition coefficient (Wildman–Crippen LogP) is 4.30. The predicted molar refractivity (Wildman–Crippen MR) is 93.7 cm³/mol. The van der Waals surface area contributed by atoms with Crippen molar-refractivity contribution in [2.24, 2.45) is 4.99 Å². The molecular formula is C19H26F3NO3. The highest BCUT2D eigenvalue weighted by atomic mass is 19.4. The molecule has 146 valence electrons. The fourth-order valence-electron chi connectivity index (χ4n) is 2.85. The van der Waals surface area contributed by atoms with Gasteiger partial charge in [0.1, 0.15) is 17.9 Å². The number of nitrogens with zero attached hydrogens (tertiary/aromatic N) is 1. The quantitative estimate of drug-likeness (QED) is 0.622. The molecule has 1 unspecified atom stereocenters. The Morgan fingerprint density at radius 2 is 1.92 bits per heavy atom. The Labute approximate surface area is 152 Å². The van der Waals surface area contributed by atoms with Gasteiger partial charge in [-0.15, -0.1) is 0 Å². The molecule has 0 bridgehead atoms. The fourth-order valence-corrected chi connectivity index (χ4v) is 2.85. The largest absolute Gasteiger partial charge is 0.494 e. The summed E-state index contributed by atoms with van der Waals surface area (Å²) < 4.78 is 47.0. The van der Waals surface area contributed by atoms with Gasteiger partial charge in [-0.3, -0.25) is 0 Å². The van der Waals surface area contributed by atoms with Crippen molar-refractivity contribution in [3.05, 3.63) is 29.8 Å². The van der Waals surface area contributed by atoms with Crippen LogP contribution in [0.4, 0.5) is 13.2 Å². The molecular weight excluding hydrogens is 347 g/mol. The molecule has 1 N–H and O–H groups in total. The number of aliphatic imine (C=N–C) groups is 1. The maximum absolute atomic E-state index is 12.0. The van der Waals surface area contributed by atoms with E-state index in [2.05, 4.69) is 4.99 Å². The summed E-state index contributed by atoms with van der Waals surface area (Å²) in [7, 11) is 0. The van der Waals surface area contributed by atoms with Crippen LogP contribution in [-0.2, 0) is 11.2 Å². The highest BCUT2D eigenvalue weighted by Crippen LogP contribution is 2.25. The van der Waals surface area contributed by atoms with E-state index >= 15 is 0 Å². The molecule has 1 aromatic carbocycles. The van der Waals surface area contributed by atoms with Gasteiger partial charge in [-0.1, -0.05) is 12.1 Å². The van der Waals surface area contributed by atoms with Crippen LogP contribution in [0.25, 0.3) is 0 Å². The molecule has 1 aliphatic heterocycles. The van der Waals surface area contributed by atoms with E-state index in [9.17, 15) is 18.3 Å². The van der Waals surface area contributed by atoms with E-state index in [0.29, 0.717) is 44.1 Å². The van der Waals surface area contributed by atoms with Crippen LogP contribution in [-0.4, -0.2) is 42.5 Å². The second kappa shape index (κ2) is 9.26. The van der Waals surface area contributed by atoms with E-state index in [4.69, 9.17) is 9.47 Å². The zero-order valence-electron chi connectivity index (χ0n) is 15.0. The number of aliphatic hydroxyl groups excluding tert-OH is 1. The van der Waals surface area contributed by atoms with Crippen LogP contribution < -0.4 is 4.74 Å². The molecule has 0 spiro atoms. The molecule has 7 heteroatoms. The lowest BCUT2D eigenvalue weighted by atomic mass is 9.94. The van der Waals surface area contributed by atoms with Gasteiger partial charge in [-0.25, -0.2) is 4.99 Å². The Balaban J connectivity index is 1.68. The number of aliphatic hydroxyl groups is 1. The van der Waals surface area contributed by atoms with Crippen molar-refractivity contribution in [1.29, 1.82) is 0 Å². The molecule has 1 atom stereocenters. The van der Waals surface area contributed by atoms with Crippen LogP contribution in [0, 0.1) is 0 Å². The second-order valence-corrected chi connectivity index (χ2v) is 6.72. The number of hydrogen-bond acceptors (Lipinski definition) is 4. The van der Waals surface area contributed by atoms with Gasteiger partial charge in [0.15, 0.2) is 5.90 Å². The van der Waals surface area contributed by atoms with Crippen LogP contribution in [0.2, 0.25) is 0 Å². The monoisotopic (exact) mass is 373 g/mol. The van der Waals surface area contributed by atoms with Gasteiger partial charge in [0.2, 0.25) is 0 Å². The minimum Gasteiger partial charge on any atom is -0.494 e. The first-order valence-corrected chi connectivity index (χ1v) is 8.91. The Hall–Kier alpha value is -1.76. The number of rotatable bonds is 10. The lowest BCUT2D eigenvalue weighted by molar-refractivity contribution is -0.135. The Bertz CT molecular complexity index is 587. The molecule has 1 heterocycles. The molecule has 1 aromatic rings. The van der Waals surface area contributed by atoms with Crippen molar-refractivity contribution in [2.75, 3.05) is 19.8 Å². The molecule has 0 amide bonds. The fraction of sp³-hybridized carbons (Fsp3) is 0.632. The molecule has 1 aliphatic rings. The van der Waals surface area contributed by atoms with Gasteiger partial charge in [0, 0.05) is 13.3 Å². The van der Waals surface area contributed by atoms with Crippen molar-refractivity contribution in [3.8, 4) is 5.75 Å². The number of aryl methyl sites for hydroxylation is 1. The highest BCUT2D eigenvalue weighted by molar-refractivity contribution is 5.75. The summed E-state index contributed by atoms with van der Waals surface area (Å²) in [5.74, 6) is 1.32. The summed E-state index contributed by atoms with van der Waals surface area (Å²) in [5.41, 5.74) is 0.561. The van der Waals surface area contributed by atoms with Gasteiger partial charge < -0.3 is 14.6 Å². The van der Waals surface area contributed by atoms with Crippen LogP contribution >= 0.6 is 0 Å². The van der Waals surface area contributed by atoms with Crippen molar-refractivity contribution < 1.29 is 27.8 Å². The second-order valence-electron chi connectivity index (χ2n) is 6.72. The Morgan fingerprint density at radius 3 is 2.50 bits per heavy atom. The third kappa shape index (κ3) is 6.86. The van der Waals surface area contributed by atoms with Gasteiger partial charge in [0.25, 0.3) is 0 Å². The molecule has 0 aliphatic carbocycles. The first-order valence-electron chi connectivity index (χ1n) is 8.91. The first-order chi connectivity index (χ1) is 12.3. The highest BCUT2D eigenvalue weighted by Gasteiger charge is 2.34. The van der Waals surface area contributed by atoms with Crippen molar-refractivity contribution in [3.63, 3.8) is 0 Å². The lowest BCUT2D eigenvalue weighted by Gasteiger charge is -2.21. The maximum atomic E-state index is 12.0. The number of halogens is 3. The standard InChI is InChI=1S/C19H26F3NO3/c1-15-23-18(13-24,14-26-15)11-9-16-5-7-17(8-6-16)25-12-4-2-3-10-19(20,21)22/h5-8,24H,2-4,9-14H2,1H3. The summed E-state index contributed by atoms with van der Waals surface area (Å²) in [6.45, 7) is 2.56. The average molecular weight is 373 g/mol. The van der Waals surface area contributed by atoms with Gasteiger partial charge in [-0.2, -0.15) is 13.2 Å². The molecule has 2 rings (SSSR count). The smallest absolute Gasteiger partial charge is 0.389 e. The molecule has 4 nitrogen and oxygen atoms in total. The van der Waals surface area contributed by atoms with Gasteiger partial charge in [-0.05, 0) is 49.8 Å². The normalized spacial score (nSPS) is 20.0. The number of alkyl halides is 3. The minimum absolute atomic E-state index is 0.0418. The van der Waals surface area contributed by atoms with E-state index < -0.39 is 18.1 Å². The molecule has 0 radical (unpaired) electrons. The third-order valence-corrected chi connectivity index (χ3v) is 4.41. The van der Waals surface area contributed by atoms with Crippen LogP contribution in [0.1, 0.15) is 44.6 Å². The minimum atomic E-state index is -4.07. The van der Waals surface area contributed by atoms with Crippen LogP contribution in [0.15, 0.2) is 29.3 Å². The number of ether oxygens (including phenoxy) is 2. The van der Waals surface area contributed by atoms with Gasteiger partial charge in [0.05, 0.1) is 13.2 Å². The molecule has 26 heavy (non-hydrogen) atoms. The molecule has 0 fully saturated rings. The van der Waals surface area contributed by atoms with E-state index in [1.54, 1.807) is 6.92 Å². The maximum Gasteiger partial charge on any atom is 0.389 e. The molecule has 0 aromatic heterocycles. The number of unbranched alkanes of at least 4 members (excludes halogenated alkanes) is 2. The summed E-state index contributed by atoms with van der Waals surface area (Å²) in [4.78, 5) is 4.40. The van der Waals surface area contributed by atoms with Crippen molar-refractivity contribution in [2.45, 2.75) is 57.2 Å². The summed E-state index contributed by atoms with van der Waals surface area (Å²) in [5, 5.41) is 9.59. The molecule has 0 saturated heterocycles. The zero-order valence-corrected chi connectivity index (χ0v) is 15.0. The zero-order chi connectivity index (χ0) is 19.0. The Morgan fingerprint density at radius 1 is 1.19 bits per heavy atom. The number of benzene rings is 1. The summed E-state index contributed by atoms with van der Waals surface area (Å²) in [6.07, 6.45) is -2.09. The average Bonchev–Trinajstić information content (AvgIpc) is 2.98. The SMILES string of the molecule is CC1=NC(CO)(CCc2ccc(OCCCCCC(F)(F)F)cc2)CO1. The van der Waals surface area contributed by atoms with Crippen molar-refractivity contribution in [1.82, 2.24) is 0 Å². The lowest BCUT2D eigenvalue weighted by Crippen LogP contribution is -2.33. The summed E-state index contributed by atoms with van der Waals surface area (Å²) in [6, 6.07) is 7.62. The van der Waals surface area contributed by atoms with E-state index in [1.807, 2.05) is 24.3 Å². The Kier molecular flexibility index (Phi) is 7.32. The third-order valence-electron chi connectivity index (χ3n) is 4.41. The van der Waals surface area contributed by atoms with E-state index in [1.165, 1.54) is 0 Å². The molecule has 0 saturated carbocycles. The van der Waals surface area contributed by atoms with Crippen LogP contribution in [0.3, 0.4) is 0 Å². The van der Waals surface area contributed by atoms with Crippen LogP contribution in [0.5, 0.6) is 5.75 Å². The first kappa shape index (κ1) is 20.6. The van der Waals surface area contributed by atoms with Gasteiger partial charge >= 0.3 is 6.18 Å². The topological polar surface area (TPSA) is 51.1 Å². The van der Waals surface area contributed by atoms with E-state index in [-0.39, 0.29) is 13.0 Å².